The summed E-state index contributed by atoms with van der Waals surface area (Å²) in [6.45, 7) is 10.9. The zero-order valence-electron chi connectivity index (χ0n) is 27.7. The van der Waals surface area contributed by atoms with Crippen LogP contribution in [-0.4, -0.2) is 7.05 Å². The number of anilines is 1. The number of benzene rings is 7. The number of fused-ring (bicyclic) bond motifs is 7. The summed E-state index contributed by atoms with van der Waals surface area (Å²) in [5.74, 6) is 0. The minimum Gasteiger partial charge on any atom is -0.344 e. The molecule has 1 aliphatic carbocycles. The van der Waals surface area contributed by atoms with E-state index in [9.17, 15) is 0 Å². The molecule has 0 atom stereocenters. The maximum absolute atomic E-state index is 2.51. The topological polar surface area (TPSA) is 3.24 Å². The molecule has 0 amide bonds. The van der Waals surface area contributed by atoms with Crippen LogP contribution in [0, 0.1) is 0 Å². The third-order valence-electron chi connectivity index (χ3n) is 9.82. The van der Waals surface area contributed by atoms with Crippen LogP contribution >= 0.6 is 0 Å². The predicted octanol–water partition coefficient (Wildman–Crippen LogP) is 12.6. The Morgan fingerprint density at radius 1 is 0.522 bits per heavy atom. The van der Waals surface area contributed by atoms with E-state index in [2.05, 4.69) is 172 Å². The van der Waals surface area contributed by atoms with E-state index in [1.54, 1.807) is 0 Å². The highest BCUT2D eigenvalue weighted by molar-refractivity contribution is 6.23. The van der Waals surface area contributed by atoms with Crippen LogP contribution < -0.4 is 4.90 Å². The van der Waals surface area contributed by atoms with Crippen LogP contribution in [0.5, 0.6) is 0 Å². The van der Waals surface area contributed by atoms with Crippen LogP contribution in [0.15, 0.2) is 140 Å². The second-order valence-electron chi connectivity index (χ2n) is 12.5. The molecule has 1 heteroatoms. The van der Waals surface area contributed by atoms with Gasteiger partial charge in [-0.05, 0) is 90.8 Å². The number of hydrogen-bond acceptors (Lipinski definition) is 1. The van der Waals surface area contributed by atoms with Gasteiger partial charge in [-0.25, -0.2) is 0 Å². The van der Waals surface area contributed by atoms with Gasteiger partial charge in [0.15, 0.2) is 0 Å². The van der Waals surface area contributed by atoms with Gasteiger partial charge in [0, 0.05) is 29.4 Å². The van der Waals surface area contributed by atoms with E-state index in [1.165, 1.54) is 82.6 Å². The van der Waals surface area contributed by atoms with Crippen molar-refractivity contribution in [2.75, 3.05) is 11.9 Å². The second kappa shape index (κ2) is 11.7. The predicted molar refractivity (Wildman–Crippen MR) is 202 cm³/mol. The number of para-hydroxylation sites is 1. The highest BCUT2D eigenvalue weighted by atomic mass is 15.1. The molecule has 46 heavy (non-hydrogen) atoms. The summed E-state index contributed by atoms with van der Waals surface area (Å²) in [5.41, 5.74) is 11.7. The highest BCUT2D eigenvalue weighted by Crippen LogP contribution is 2.54. The average molecular weight is 596 g/mol. The molecule has 0 aromatic heterocycles. The van der Waals surface area contributed by atoms with Gasteiger partial charge < -0.3 is 4.90 Å². The Bertz CT molecular complexity index is 2210. The van der Waals surface area contributed by atoms with Crippen LogP contribution in [0.4, 0.5) is 5.69 Å². The molecule has 0 heterocycles. The molecule has 0 spiro atoms. The molecule has 226 valence electrons. The summed E-state index contributed by atoms with van der Waals surface area (Å²) in [5, 5.41) is 7.72. The van der Waals surface area contributed by atoms with E-state index in [0.29, 0.717) is 0 Å². The molecule has 0 fully saturated rings. The van der Waals surface area contributed by atoms with E-state index in [1.807, 2.05) is 13.8 Å². The highest BCUT2D eigenvalue weighted by Gasteiger charge is 2.37. The van der Waals surface area contributed by atoms with Gasteiger partial charge in [-0.1, -0.05) is 149 Å². The molecule has 0 saturated carbocycles. The minimum absolute atomic E-state index is 0.0905. The average Bonchev–Trinajstić information content (AvgIpc) is 3.35. The standard InChI is InChI=1S/C43H35N.C2H6/c1-5-39(44(4)28-17-7-6-8-18-28)42-33-23-13-11-21-31(33)40(32-22-12-14-24-34(32)42)36-27-38-41(30-20-10-9-19-29(30)36)35-25-15-16-26-37(35)43(38,2)3;1-2/h5-27H,1-4H3;1-2H3/b39-5-;. The smallest absolute Gasteiger partial charge is 0.0450 e. The molecule has 0 bridgehead atoms. The van der Waals surface area contributed by atoms with Gasteiger partial charge in [-0.2, -0.15) is 0 Å². The summed E-state index contributed by atoms with van der Waals surface area (Å²) in [6.07, 6.45) is 2.26. The molecule has 1 aliphatic rings. The number of nitrogens with zero attached hydrogens (tertiary/aromatic N) is 1. The van der Waals surface area contributed by atoms with Crippen molar-refractivity contribution < 1.29 is 0 Å². The Morgan fingerprint density at radius 3 is 1.59 bits per heavy atom. The van der Waals surface area contributed by atoms with E-state index in [0.717, 1.165) is 0 Å². The molecule has 7 aromatic carbocycles. The van der Waals surface area contributed by atoms with Crippen molar-refractivity contribution in [3.8, 4) is 22.3 Å². The van der Waals surface area contributed by atoms with Crippen molar-refractivity contribution in [2.24, 2.45) is 0 Å². The van der Waals surface area contributed by atoms with E-state index in [4.69, 9.17) is 0 Å². The lowest BCUT2D eigenvalue weighted by molar-refractivity contribution is 0.661. The van der Waals surface area contributed by atoms with Crippen molar-refractivity contribution in [2.45, 2.75) is 40.0 Å². The van der Waals surface area contributed by atoms with Gasteiger partial charge in [0.25, 0.3) is 0 Å². The largest absolute Gasteiger partial charge is 0.344 e. The molecule has 7 aromatic rings. The van der Waals surface area contributed by atoms with Crippen molar-refractivity contribution in [3.63, 3.8) is 0 Å². The molecule has 0 aliphatic heterocycles. The Hall–Kier alpha value is -5.14. The van der Waals surface area contributed by atoms with Gasteiger partial charge >= 0.3 is 0 Å². The Balaban J connectivity index is 0.00000166. The molecule has 1 nitrogen and oxygen atoms in total. The second-order valence-corrected chi connectivity index (χ2v) is 12.5. The van der Waals surface area contributed by atoms with E-state index < -0.39 is 0 Å². The first-order valence-corrected chi connectivity index (χ1v) is 16.6. The van der Waals surface area contributed by atoms with Gasteiger partial charge in [0.05, 0.1) is 0 Å². The number of allylic oxidation sites excluding steroid dienone is 1. The fraction of sp³-hybridized carbons (Fsp3) is 0.156. The van der Waals surface area contributed by atoms with Crippen LogP contribution in [0.25, 0.3) is 60.3 Å². The van der Waals surface area contributed by atoms with Crippen molar-refractivity contribution in [1.29, 1.82) is 0 Å². The molecule has 0 N–H and O–H groups in total. The fourth-order valence-electron chi connectivity index (χ4n) is 7.75. The molecule has 8 rings (SSSR count). The lowest BCUT2D eigenvalue weighted by Gasteiger charge is -2.27. The van der Waals surface area contributed by atoms with E-state index in [-0.39, 0.29) is 5.41 Å². The van der Waals surface area contributed by atoms with Gasteiger partial charge in [-0.3, -0.25) is 0 Å². The summed E-state index contributed by atoms with van der Waals surface area (Å²) in [6, 6.07) is 49.1. The SMILES string of the molecule is C/C=C(/c1c2ccccc2c(-c2cc3c(c4ccccc24)-c2ccccc2C3(C)C)c2ccccc12)N(C)c1ccccc1.CC. The molecular formula is C45H41N. The Morgan fingerprint density at radius 2 is 1.00 bits per heavy atom. The molecule has 0 unspecified atom stereocenters. The lowest BCUT2D eigenvalue weighted by atomic mass is 9.79. The summed E-state index contributed by atoms with van der Waals surface area (Å²) in [4.78, 5) is 2.32. The first-order valence-electron chi connectivity index (χ1n) is 16.6. The van der Waals surface area contributed by atoms with Gasteiger partial charge in [0.1, 0.15) is 0 Å². The maximum Gasteiger partial charge on any atom is 0.0450 e. The zero-order chi connectivity index (χ0) is 32.0. The first-order chi connectivity index (χ1) is 22.5. The maximum atomic E-state index is 2.51. The van der Waals surface area contributed by atoms with Crippen molar-refractivity contribution >= 4 is 43.7 Å². The third kappa shape index (κ3) is 4.37. The summed E-state index contributed by atoms with van der Waals surface area (Å²) >= 11 is 0. The first kappa shape index (κ1) is 29.6. The number of hydrogen-bond donors (Lipinski definition) is 0. The summed E-state index contributed by atoms with van der Waals surface area (Å²) in [7, 11) is 2.18. The minimum atomic E-state index is -0.0905. The quantitative estimate of drug-likeness (QED) is 0.183. The Labute approximate surface area is 273 Å². The summed E-state index contributed by atoms with van der Waals surface area (Å²) < 4.78 is 0. The normalized spacial score (nSPS) is 13.3. The molecular weight excluding hydrogens is 555 g/mol. The van der Waals surface area contributed by atoms with Gasteiger partial charge in [-0.15, -0.1) is 0 Å². The van der Waals surface area contributed by atoms with Crippen LogP contribution in [0.2, 0.25) is 0 Å². The van der Waals surface area contributed by atoms with Crippen molar-refractivity contribution in [3.05, 3.63) is 156 Å². The monoisotopic (exact) mass is 595 g/mol. The van der Waals surface area contributed by atoms with Crippen LogP contribution in [0.1, 0.15) is 51.3 Å². The Kier molecular flexibility index (Phi) is 7.49. The van der Waals surface area contributed by atoms with Crippen LogP contribution in [-0.2, 0) is 5.41 Å². The fourth-order valence-corrected chi connectivity index (χ4v) is 7.75. The lowest BCUT2D eigenvalue weighted by Crippen LogP contribution is -2.16. The van der Waals surface area contributed by atoms with Crippen molar-refractivity contribution in [1.82, 2.24) is 0 Å². The number of rotatable bonds is 4. The zero-order valence-corrected chi connectivity index (χ0v) is 27.7. The molecule has 0 radical (unpaired) electrons. The van der Waals surface area contributed by atoms with E-state index >= 15 is 0 Å². The van der Waals surface area contributed by atoms with Gasteiger partial charge in [0.2, 0.25) is 0 Å². The van der Waals surface area contributed by atoms with Crippen LogP contribution in [0.3, 0.4) is 0 Å². The third-order valence-corrected chi connectivity index (χ3v) is 9.82. The molecule has 0 saturated heterocycles.